The third-order valence-electron chi connectivity index (χ3n) is 4.26. The van der Waals surface area contributed by atoms with Gasteiger partial charge in [0.15, 0.2) is 17.5 Å². The van der Waals surface area contributed by atoms with Gasteiger partial charge >= 0.3 is 0 Å². The summed E-state index contributed by atoms with van der Waals surface area (Å²) in [5.74, 6) is 2.58. The molecule has 28 heavy (non-hydrogen) atoms. The number of guanidine groups is 1. The summed E-state index contributed by atoms with van der Waals surface area (Å²) >= 11 is 5.91. The molecule has 7 heteroatoms. The molecule has 0 saturated heterocycles. The van der Waals surface area contributed by atoms with Gasteiger partial charge in [-0.2, -0.15) is 0 Å². The minimum atomic E-state index is 0.577. The van der Waals surface area contributed by atoms with E-state index in [1.807, 2.05) is 24.3 Å². The number of hydrogen-bond donors (Lipinski definition) is 2. The lowest BCUT2D eigenvalue weighted by molar-refractivity contribution is 0.323. The van der Waals surface area contributed by atoms with Gasteiger partial charge in [-0.3, -0.25) is 4.99 Å². The second-order valence-electron chi connectivity index (χ2n) is 6.12. The Morgan fingerprint density at radius 3 is 2.11 bits per heavy atom. The summed E-state index contributed by atoms with van der Waals surface area (Å²) in [7, 11) is 6.56. The van der Waals surface area contributed by atoms with Crippen LogP contribution in [-0.2, 0) is 13.0 Å². The lowest BCUT2D eigenvalue weighted by Crippen LogP contribution is -2.37. The van der Waals surface area contributed by atoms with E-state index < -0.39 is 0 Å². The molecular formula is C21H28ClN3O3. The lowest BCUT2D eigenvalue weighted by Gasteiger charge is -2.16. The molecule has 0 aliphatic rings. The van der Waals surface area contributed by atoms with Crippen LogP contribution in [0.25, 0.3) is 0 Å². The molecule has 2 rings (SSSR count). The summed E-state index contributed by atoms with van der Waals surface area (Å²) in [5, 5.41) is 7.39. The largest absolute Gasteiger partial charge is 0.493 e. The monoisotopic (exact) mass is 405 g/mol. The first kappa shape index (κ1) is 21.7. The van der Waals surface area contributed by atoms with Crippen LogP contribution in [0.15, 0.2) is 41.4 Å². The third-order valence-corrected chi connectivity index (χ3v) is 4.51. The highest BCUT2D eigenvalue weighted by Gasteiger charge is 2.13. The van der Waals surface area contributed by atoms with Crippen LogP contribution in [0, 0.1) is 0 Å². The van der Waals surface area contributed by atoms with Crippen molar-refractivity contribution in [2.24, 2.45) is 4.99 Å². The molecule has 0 bridgehead atoms. The predicted molar refractivity (Wildman–Crippen MR) is 114 cm³/mol. The highest BCUT2D eigenvalue weighted by molar-refractivity contribution is 6.30. The van der Waals surface area contributed by atoms with Crippen LogP contribution >= 0.6 is 11.6 Å². The van der Waals surface area contributed by atoms with Crippen LogP contribution in [0.4, 0.5) is 0 Å². The van der Waals surface area contributed by atoms with Crippen LogP contribution in [0.5, 0.6) is 17.2 Å². The van der Waals surface area contributed by atoms with Gasteiger partial charge in [-0.25, -0.2) is 0 Å². The van der Waals surface area contributed by atoms with Crippen molar-refractivity contribution in [3.8, 4) is 17.2 Å². The van der Waals surface area contributed by atoms with E-state index >= 15 is 0 Å². The Balaban J connectivity index is 1.85. The SMILES string of the molecule is CN=C(NCCCc1ccc(Cl)cc1)NCc1cc(OC)c(OC)c(OC)c1. The summed E-state index contributed by atoms with van der Waals surface area (Å²) in [6.45, 7) is 1.39. The Morgan fingerprint density at radius 2 is 1.57 bits per heavy atom. The topological polar surface area (TPSA) is 64.1 Å². The standard InChI is InChI=1S/C21H28ClN3O3/c1-23-21(24-11-5-6-15-7-9-17(22)10-8-15)25-14-16-12-18(26-2)20(28-4)19(13-16)27-3/h7-10,12-13H,5-6,11,14H2,1-4H3,(H2,23,24,25). The molecule has 0 radical (unpaired) electrons. The Kier molecular flexibility index (Phi) is 8.75. The molecule has 0 aliphatic heterocycles. The summed E-state index contributed by atoms with van der Waals surface area (Å²) in [6, 6.07) is 11.8. The van der Waals surface area contributed by atoms with Gasteiger partial charge in [0.2, 0.25) is 5.75 Å². The number of nitrogens with zero attached hydrogens (tertiary/aromatic N) is 1. The first-order valence-corrected chi connectivity index (χ1v) is 9.47. The van der Waals surface area contributed by atoms with Crippen molar-refractivity contribution in [2.75, 3.05) is 34.9 Å². The first-order valence-electron chi connectivity index (χ1n) is 9.09. The zero-order valence-corrected chi connectivity index (χ0v) is 17.6. The molecule has 0 aliphatic carbocycles. The highest BCUT2D eigenvalue weighted by atomic mass is 35.5. The summed E-state index contributed by atoms with van der Waals surface area (Å²) in [6.07, 6.45) is 1.97. The van der Waals surface area contributed by atoms with Gasteiger partial charge in [0.25, 0.3) is 0 Å². The van der Waals surface area contributed by atoms with Crippen LogP contribution in [0.1, 0.15) is 17.5 Å². The molecule has 0 unspecified atom stereocenters. The van der Waals surface area contributed by atoms with E-state index in [2.05, 4.69) is 27.8 Å². The summed E-state index contributed by atoms with van der Waals surface area (Å²) < 4.78 is 16.1. The van der Waals surface area contributed by atoms with E-state index in [-0.39, 0.29) is 0 Å². The maximum atomic E-state index is 5.91. The van der Waals surface area contributed by atoms with E-state index in [1.165, 1.54) is 5.56 Å². The Hall–Kier alpha value is -2.60. The van der Waals surface area contributed by atoms with E-state index in [1.54, 1.807) is 28.4 Å². The van der Waals surface area contributed by atoms with Crippen LogP contribution in [-0.4, -0.2) is 40.9 Å². The molecule has 0 saturated carbocycles. The van der Waals surface area contributed by atoms with E-state index in [9.17, 15) is 0 Å². The normalized spacial score (nSPS) is 11.1. The van der Waals surface area contributed by atoms with Gasteiger partial charge < -0.3 is 24.8 Å². The Morgan fingerprint density at radius 1 is 0.929 bits per heavy atom. The quantitative estimate of drug-likeness (QED) is 0.378. The average Bonchev–Trinajstić information content (AvgIpc) is 2.73. The van der Waals surface area contributed by atoms with Crippen LogP contribution < -0.4 is 24.8 Å². The van der Waals surface area contributed by atoms with Crippen molar-refractivity contribution >= 4 is 17.6 Å². The van der Waals surface area contributed by atoms with E-state index in [0.29, 0.717) is 23.8 Å². The number of methoxy groups -OCH3 is 3. The molecule has 0 fully saturated rings. The predicted octanol–water partition coefficient (Wildman–Crippen LogP) is 3.66. The van der Waals surface area contributed by atoms with Gasteiger partial charge in [-0.1, -0.05) is 23.7 Å². The minimum Gasteiger partial charge on any atom is -0.493 e. The van der Waals surface area contributed by atoms with Gasteiger partial charge in [0, 0.05) is 25.2 Å². The fraction of sp³-hybridized carbons (Fsp3) is 0.381. The molecule has 0 heterocycles. The van der Waals surface area contributed by atoms with Crippen molar-refractivity contribution in [3.05, 3.63) is 52.5 Å². The maximum absolute atomic E-state index is 5.91. The Bertz CT molecular complexity index is 754. The number of ether oxygens (including phenoxy) is 3. The molecule has 6 nitrogen and oxygen atoms in total. The molecule has 0 aromatic heterocycles. The lowest BCUT2D eigenvalue weighted by atomic mass is 10.1. The minimum absolute atomic E-state index is 0.577. The molecule has 0 amide bonds. The second kappa shape index (κ2) is 11.3. The van der Waals surface area contributed by atoms with Crippen LogP contribution in [0.3, 0.4) is 0 Å². The van der Waals surface area contributed by atoms with Gasteiger partial charge in [0.1, 0.15) is 0 Å². The highest BCUT2D eigenvalue weighted by Crippen LogP contribution is 2.38. The summed E-state index contributed by atoms with van der Waals surface area (Å²) in [4.78, 5) is 4.27. The smallest absolute Gasteiger partial charge is 0.203 e. The number of rotatable bonds is 9. The van der Waals surface area contributed by atoms with Gasteiger partial charge in [-0.05, 0) is 48.2 Å². The number of hydrogen-bond acceptors (Lipinski definition) is 4. The molecule has 0 atom stereocenters. The number of aliphatic imine (C=N–C) groups is 1. The summed E-state index contributed by atoms with van der Waals surface area (Å²) in [5.41, 5.74) is 2.27. The van der Waals surface area contributed by atoms with Crippen molar-refractivity contribution in [2.45, 2.75) is 19.4 Å². The van der Waals surface area contributed by atoms with Crippen LogP contribution in [0.2, 0.25) is 5.02 Å². The second-order valence-corrected chi connectivity index (χ2v) is 6.55. The molecule has 2 aromatic rings. The molecule has 152 valence electrons. The average molecular weight is 406 g/mol. The molecule has 0 spiro atoms. The zero-order valence-electron chi connectivity index (χ0n) is 16.8. The fourth-order valence-electron chi connectivity index (χ4n) is 2.79. The Labute approximate surface area is 171 Å². The van der Waals surface area contributed by atoms with Crippen molar-refractivity contribution in [1.82, 2.24) is 10.6 Å². The van der Waals surface area contributed by atoms with E-state index in [4.69, 9.17) is 25.8 Å². The van der Waals surface area contributed by atoms with Crippen molar-refractivity contribution < 1.29 is 14.2 Å². The van der Waals surface area contributed by atoms with E-state index in [0.717, 1.165) is 35.9 Å². The van der Waals surface area contributed by atoms with Crippen molar-refractivity contribution in [1.29, 1.82) is 0 Å². The van der Waals surface area contributed by atoms with Crippen molar-refractivity contribution in [3.63, 3.8) is 0 Å². The zero-order chi connectivity index (χ0) is 20.4. The number of nitrogens with one attached hydrogen (secondary N) is 2. The third kappa shape index (κ3) is 6.23. The van der Waals surface area contributed by atoms with Gasteiger partial charge in [-0.15, -0.1) is 0 Å². The molecule has 2 aromatic carbocycles. The fourth-order valence-corrected chi connectivity index (χ4v) is 2.92. The number of halogens is 1. The van der Waals surface area contributed by atoms with Gasteiger partial charge in [0.05, 0.1) is 21.3 Å². The molecule has 2 N–H and O–H groups in total. The number of benzene rings is 2. The maximum Gasteiger partial charge on any atom is 0.203 e. The number of aryl methyl sites for hydroxylation is 1. The molecular weight excluding hydrogens is 378 g/mol. The first-order chi connectivity index (χ1) is 13.6.